The maximum Gasteiger partial charge on any atom is 0.309 e. The Balaban J connectivity index is 2.04. The Hall–Kier alpha value is -2.12. The van der Waals surface area contributed by atoms with E-state index < -0.39 is 10.0 Å². The zero-order valence-electron chi connectivity index (χ0n) is 11.4. The number of carbonyl (C=O) groups excluding carboxylic acids is 1. The molecule has 0 amide bonds. The first-order valence-corrected chi connectivity index (χ1v) is 7.67. The molecule has 1 aromatic carbocycles. The van der Waals surface area contributed by atoms with Gasteiger partial charge in [-0.15, -0.1) is 0 Å². The van der Waals surface area contributed by atoms with Gasteiger partial charge >= 0.3 is 5.97 Å². The van der Waals surface area contributed by atoms with Crippen molar-refractivity contribution in [2.75, 3.05) is 7.11 Å². The van der Waals surface area contributed by atoms with Crippen LogP contribution in [0.4, 0.5) is 0 Å². The molecule has 0 saturated heterocycles. The molecule has 0 saturated carbocycles. The molecular weight excluding hydrogens is 294 g/mol. The van der Waals surface area contributed by atoms with Crippen LogP contribution in [0.15, 0.2) is 52.0 Å². The maximum absolute atomic E-state index is 12.1. The van der Waals surface area contributed by atoms with Crippen LogP contribution in [0, 0.1) is 0 Å². The normalized spacial score (nSPS) is 11.3. The van der Waals surface area contributed by atoms with Crippen LogP contribution in [-0.2, 0) is 32.5 Å². The number of nitrogens with one attached hydrogen (secondary N) is 1. The first kappa shape index (κ1) is 15.3. The van der Waals surface area contributed by atoms with Gasteiger partial charge in [0.15, 0.2) is 0 Å². The van der Waals surface area contributed by atoms with Crippen molar-refractivity contribution >= 4 is 16.0 Å². The fraction of sp³-hybridized carbons (Fsp3) is 0.214. The van der Waals surface area contributed by atoms with Gasteiger partial charge in [0.05, 0.1) is 31.2 Å². The lowest BCUT2D eigenvalue weighted by molar-refractivity contribution is -0.139. The van der Waals surface area contributed by atoms with Gasteiger partial charge in [0.1, 0.15) is 5.76 Å². The molecule has 0 radical (unpaired) electrons. The Labute approximate surface area is 122 Å². The molecule has 2 aromatic rings. The molecule has 0 fully saturated rings. The zero-order valence-corrected chi connectivity index (χ0v) is 12.2. The molecule has 112 valence electrons. The van der Waals surface area contributed by atoms with Crippen LogP contribution >= 0.6 is 0 Å². The van der Waals surface area contributed by atoms with Gasteiger partial charge in [0.25, 0.3) is 0 Å². The lowest BCUT2D eigenvalue weighted by atomic mass is 10.2. The van der Waals surface area contributed by atoms with Gasteiger partial charge < -0.3 is 9.15 Å². The first-order chi connectivity index (χ1) is 10.0. The number of ether oxygens (including phenoxy) is 1. The highest BCUT2D eigenvalue weighted by atomic mass is 32.2. The van der Waals surface area contributed by atoms with E-state index in [9.17, 15) is 13.2 Å². The van der Waals surface area contributed by atoms with E-state index in [2.05, 4.69) is 9.46 Å². The van der Waals surface area contributed by atoms with Gasteiger partial charge in [-0.1, -0.05) is 12.1 Å². The highest BCUT2D eigenvalue weighted by Gasteiger charge is 2.14. The van der Waals surface area contributed by atoms with E-state index in [-0.39, 0.29) is 23.8 Å². The summed E-state index contributed by atoms with van der Waals surface area (Å²) in [5.41, 5.74) is 0.687. The highest BCUT2D eigenvalue weighted by molar-refractivity contribution is 7.89. The average Bonchev–Trinajstić information content (AvgIpc) is 2.99. The number of benzene rings is 1. The van der Waals surface area contributed by atoms with Crippen LogP contribution < -0.4 is 4.72 Å². The summed E-state index contributed by atoms with van der Waals surface area (Å²) in [6.45, 7) is 0.0826. The number of sulfonamides is 1. The Morgan fingerprint density at radius 2 is 1.95 bits per heavy atom. The average molecular weight is 309 g/mol. The third-order valence-electron chi connectivity index (χ3n) is 2.83. The molecule has 0 unspecified atom stereocenters. The zero-order chi connectivity index (χ0) is 15.3. The van der Waals surface area contributed by atoms with Crippen molar-refractivity contribution in [2.45, 2.75) is 17.9 Å². The molecule has 1 aromatic heterocycles. The molecule has 6 nitrogen and oxygen atoms in total. The highest BCUT2D eigenvalue weighted by Crippen LogP contribution is 2.12. The lowest BCUT2D eigenvalue weighted by Crippen LogP contribution is -2.23. The SMILES string of the molecule is COC(=O)Cc1ccc(S(=O)(=O)NCc2ccco2)cc1. The number of rotatable bonds is 6. The third-order valence-corrected chi connectivity index (χ3v) is 4.24. The van der Waals surface area contributed by atoms with Crippen molar-refractivity contribution in [1.29, 1.82) is 0 Å². The second kappa shape index (κ2) is 6.55. The van der Waals surface area contributed by atoms with Crippen LogP contribution in [0.3, 0.4) is 0 Å². The summed E-state index contributed by atoms with van der Waals surface area (Å²) >= 11 is 0. The largest absolute Gasteiger partial charge is 0.469 e. The van der Waals surface area contributed by atoms with Crippen molar-refractivity contribution in [2.24, 2.45) is 0 Å². The molecule has 7 heteroatoms. The predicted octanol–water partition coefficient (Wildman–Crippen LogP) is 1.47. The summed E-state index contributed by atoms with van der Waals surface area (Å²) in [5.74, 6) is 0.155. The third kappa shape index (κ3) is 4.17. The Morgan fingerprint density at radius 3 is 2.52 bits per heavy atom. The summed E-state index contributed by atoms with van der Waals surface area (Å²) in [4.78, 5) is 11.3. The summed E-state index contributed by atoms with van der Waals surface area (Å²) in [6.07, 6.45) is 1.59. The molecule has 21 heavy (non-hydrogen) atoms. The smallest absolute Gasteiger partial charge is 0.309 e. The predicted molar refractivity (Wildman–Crippen MR) is 74.9 cm³/mol. The number of hydrogen-bond donors (Lipinski definition) is 1. The van der Waals surface area contributed by atoms with Gasteiger partial charge in [-0.05, 0) is 29.8 Å². The molecule has 0 aliphatic carbocycles. The fourth-order valence-corrected chi connectivity index (χ4v) is 2.68. The Morgan fingerprint density at radius 1 is 1.24 bits per heavy atom. The summed E-state index contributed by atoms with van der Waals surface area (Å²) in [5, 5.41) is 0. The Kier molecular flexibility index (Phi) is 4.77. The minimum atomic E-state index is -3.61. The van der Waals surface area contributed by atoms with Gasteiger partial charge in [-0.2, -0.15) is 0 Å². The van der Waals surface area contributed by atoms with Crippen molar-refractivity contribution in [3.05, 3.63) is 54.0 Å². The van der Waals surface area contributed by atoms with Gasteiger partial charge in [-0.25, -0.2) is 13.1 Å². The van der Waals surface area contributed by atoms with Crippen molar-refractivity contribution in [3.8, 4) is 0 Å². The molecule has 0 atom stereocenters. The molecule has 0 aliphatic rings. The molecular formula is C14H15NO5S. The fourth-order valence-electron chi connectivity index (χ4n) is 1.69. The molecule has 0 bridgehead atoms. The molecule has 1 N–H and O–H groups in total. The number of esters is 1. The van der Waals surface area contributed by atoms with E-state index in [0.717, 1.165) is 0 Å². The number of furan rings is 1. The minimum absolute atomic E-state index is 0.0826. The number of methoxy groups -OCH3 is 1. The molecule has 0 spiro atoms. The van der Waals surface area contributed by atoms with E-state index in [1.165, 1.54) is 25.5 Å². The van der Waals surface area contributed by atoms with Crippen molar-refractivity contribution in [3.63, 3.8) is 0 Å². The molecule has 2 rings (SSSR count). The molecule has 1 heterocycles. The van der Waals surface area contributed by atoms with Gasteiger partial charge in [-0.3, -0.25) is 4.79 Å². The van der Waals surface area contributed by atoms with Crippen molar-refractivity contribution < 1.29 is 22.4 Å². The monoisotopic (exact) mass is 309 g/mol. The standard InChI is InChI=1S/C14H15NO5S/c1-19-14(16)9-11-4-6-13(7-5-11)21(17,18)15-10-12-3-2-8-20-12/h2-8,15H,9-10H2,1H3. The lowest BCUT2D eigenvalue weighted by Gasteiger charge is -2.06. The van der Waals surface area contributed by atoms with E-state index >= 15 is 0 Å². The van der Waals surface area contributed by atoms with Crippen LogP contribution in [0.1, 0.15) is 11.3 Å². The summed E-state index contributed by atoms with van der Waals surface area (Å²) in [6, 6.07) is 9.43. The quantitative estimate of drug-likeness (QED) is 0.817. The number of carbonyl (C=O) groups is 1. The van der Waals surface area contributed by atoms with Crippen LogP contribution in [0.2, 0.25) is 0 Å². The van der Waals surface area contributed by atoms with E-state index in [0.29, 0.717) is 11.3 Å². The summed E-state index contributed by atoms with van der Waals surface area (Å²) < 4.78 is 36.2. The Bertz CT molecular complexity index is 689. The second-order valence-electron chi connectivity index (χ2n) is 4.30. The van der Waals surface area contributed by atoms with Crippen LogP contribution in [-0.4, -0.2) is 21.5 Å². The van der Waals surface area contributed by atoms with Gasteiger partial charge in [0.2, 0.25) is 10.0 Å². The first-order valence-electron chi connectivity index (χ1n) is 6.19. The second-order valence-corrected chi connectivity index (χ2v) is 6.07. The number of hydrogen-bond acceptors (Lipinski definition) is 5. The summed E-state index contributed by atoms with van der Waals surface area (Å²) in [7, 11) is -2.31. The molecule has 0 aliphatic heterocycles. The topological polar surface area (TPSA) is 85.6 Å². The van der Waals surface area contributed by atoms with E-state index in [1.54, 1.807) is 24.3 Å². The van der Waals surface area contributed by atoms with Crippen molar-refractivity contribution in [1.82, 2.24) is 4.72 Å². The maximum atomic E-state index is 12.1. The van der Waals surface area contributed by atoms with E-state index in [4.69, 9.17) is 4.42 Å². The van der Waals surface area contributed by atoms with Crippen LogP contribution in [0.25, 0.3) is 0 Å². The van der Waals surface area contributed by atoms with Gasteiger partial charge in [0, 0.05) is 0 Å². The van der Waals surface area contributed by atoms with E-state index in [1.807, 2.05) is 0 Å². The van der Waals surface area contributed by atoms with Crippen LogP contribution in [0.5, 0.6) is 0 Å². The minimum Gasteiger partial charge on any atom is -0.469 e.